The number of aliphatic carboxylic acids is 1. The zero-order chi connectivity index (χ0) is 15.1. The van der Waals surface area contributed by atoms with Crippen LogP contribution in [0, 0.1) is 17.8 Å². The van der Waals surface area contributed by atoms with Crippen molar-refractivity contribution in [2.75, 3.05) is 26.2 Å². The van der Waals surface area contributed by atoms with E-state index < -0.39 is 11.9 Å². The molecule has 0 saturated carbocycles. The van der Waals surface area contributed by atoms with Gasteiger partial charge in [-0.3, -0.25) is 9.59 Å². The molecule has 4 atom stereocenters. The summed E-state index contributed by atoms with van der Waals surface area (Å²) in [5, 5.41) is 12.0. The Morgan fingerprint density at radius 3 is 2.76 bits per heavy atom. The van der Waals surface area contributed by atoms with Crippen molar-refractivity contribution in [2.45, 2.75) is 25.8 Å². The van der Waals surface area contributed by atoms with E-state index in [1.807, 2.05) is 6.92 Å². The first-order valence-corrected chi connectivity index (χ1v) is 7.55. The molecule has 3 aliphatic rings. The van der Waals surface area contributed by atoms with E-state index in [2.05, 4.69) is 5.32 Å². The lowest BCUT2D eigenvalue weighted by Crippen LogP contribution is -2.53. The van der Waals surface area contributed by atoms with Gasteiger partial charge in [-0.25, -0.2) is 4.79 Å². The third-order valence-electron chi connectivity index (χ3n) is 5.05. The zero-order valence-corrected chi connectivity index (χ0v) is 12.1. The number of hydrogen-bond donors (Lipinski definition) is 2. The summed E-state index contributed by atoms with van der Waals surface area (Å²) in [5.74, 6) is -1.42. The smallest absolute Gasteiger partial charge is 0.320 e. The van der Waals surface area contributed by atoms with Gasteiger partial charge in [0, 0.05) is 26.2 Å². The van der Waals surface area contributed by atoms with Crippen LogP contribution in [0.1, 0.15) is 19.8 Å². The van der Waals surface area contributed by atoms with Crippen molar-refractivity contribution in [3.8, 4) is 0 Å². The Balaban J connectivity index is 1.71. The van der Waals surface area contributed by atoms with E-state index in [1.165, 1.54) is 0 Å². The first kappa shape index (κ1) is 14.2. The minimum atomic E-state index is -0.841. The molecule has 3 aliphatic heterocycles. The van der Waals surface area contributed by atoms with Gasteiger partial charge in [0.05, 0.1) is 17.9 Å². The second kappa shape index (κ2) is 5.20. The van der Waals surface area contributed by atoms with E-state index in [-0.39, 0.29) is 36.4 Å². The number of nitrogens with zero attached hydrogens (tertiary/aromatic N) is 2. The highest BCUT2D eigenvalue weighted by Gasteiger charge is 2.45. The highest BCUT2D eigenvalue weighted by atomic mass is 16.4. The quantitative estimate of drug-likeness (QED) is 0.711. The number of amides is 3. The van der Waals surface area contributed by atoms with Gasteiger partial charge in [-0.1, -0.05) is 6.92 Å². The van der Waals surface area contributed by atoms with Crippen LogP contribution in [0.5, 0.6) is 0 Å². The van der Waals surface area contributed by atoms with Crippen molar-refractivity contribution in [1.82, 2.24) is 15.1 Å². The predicted molar refractivity (Wildman–Crippen MR) is 73.5 cm³/mol. The van der Waals surface area contributed by atoms with Crippen LogP contribution in [0.4, 0.5) is 4.79 Å². The third-order valence-corrected chi connectivity index (χ3v) is 5.05. The Labute approximate surface area is 123 Å². The molecular weight excluding hydrogens is 274 g/mol. The Kier molecular flexibility index (Phi) is 3.51. The van der Waals surface area contributed by atoms with Crippen molar-refractivity contribution in [3.63, 3.8) is 0 Å². The molecule has 0 aliphatic carbocycles. The number of nitrogens with one attached hydrogen (secondary N) is 1. The van der Waals surface area contributed by atoms with Crippen LogP contribution in [0.25, 0.3) is 0 Å². The fourth-order valence-corrected chi connectivity index (χ4v) is 3.82. The van der Waals surface area contributed by atoms with Crippen molar-refractivity contribution in [2.24, 2.45) is 17.8 Å². The molecule has 3 rings (SSSR count). The van der Waals surface area contributed by atoms with Crippen LogP contribution in [0.3, 0.4) is 0 Å². The first-order valence-electron chi connectivity index (χ1n) is 7.55. The van der Waals surface area contributed by atoms with E-state index in [9.17, 15) is 19.5 Å². The number of urea groups is 1. The van der Waals surface area contributed by atoms with Crippen molar-refractivity contribution < 1.29 is 19.5 Å². The Bertz CT molecular complexity index is 481. The summed E-state index contributed by atoms with van der Waals surface area (Å²) in [5.41, 5.74) is 0. The molecule has 0 bridgehead atoms. The zero-order valence-electron chi connectivity index (χ0n) is 12.1. The monoisotopic (exact) mass is 295 g/mol. The summed E-state index contributed by atoms with van der Waals surface area (Å²) in [6, 6.07) is -0.185. The van der Waals surface area contributed by atoms with Crippen LogP contribution in [0.15, 0.2) is 0 Å². The fourth-order valence-electron chi connectivity index (χ4n) is 3.82. The molecule has 3 saturated heterocycles. The SMILES string of the molecule is C[C@@H]1CN(C(=O)N2CCCC3C(=O)NCC32)C[C@H]1C(=O)O. The number of likely N-dealkylation sites (tertiary alicyclic amines) is 2. The molecule has 2 unspecified atom stereocenters. The number of carboxylic acid groups (broad SMARTS) is 1. The Morgan fingerprint density at radius 2 is 2.10 bits per heavy atom. The lowest BCUT2D eigenvalue weighted by Gasteiger charge is -2.38. The highest BCUT2D eigenvalue weighted by molar-refractivity contribution is 5.84. The van der Waals surface area contributed by atoms with Gasteiger partial charge in [-0.15, -0.1) is 0 Å². The van der Waals surface area contributed by atoms with Gasteiger partial charge >= 0.3 is 12.0 Å². The van der Waals surface area contributed by atoms with Crippen LogP contribution in [-0.4, -0.2) is 65.0 Å². The molecule has 3 fully saturated rings. The number of piperidine rings is 1. The molecular formula is C14H21N3O4. The topological polar surface area (TPSA) is 90.0 Å². The summed E-state index contributed by atoms with van der Waals surface area (Å²) in [4.78, 5) is 39.0. The average Bonchev–Trinajstić information content (AvgIpc) is 3.02. The molecule has 0 aromatic carbocycles. The van der Waals surface area contributed by atoms with E-state index in [4.69, 9.17) is 0 Å². The van der Waals surface area contributed by atoms with Gasteiger partial charge in [-0.2, -0.15) is 0 Å². The van der Waals surface area contributed by atoms with Crippen molar-refractivity contribution in [3.05, 3.63) is 0 Å². The largest absolute Gasteiger partial charge is 0.481 e. The predicted octanol–water partition coefficient (Wildman–Crippen LogP) is -0.0307. The van der Waals surface area contributed by atoms with Crippen LogP contribution < -0.4 is 5.32 Å². The molecule has 0 aromatic heterocycles. The van der Waals surface area contributed by atoms with Gasteiger partial charge in [0.15, 0.2) is 0 Å². The maximum atomic E-state index is 12.7. The Hall–Kier alpha value is -1.79. The number of carbonyl (C=O) groups excluding carboxylic acids is 2. The number of carbonyl (C=O) groups is 3. The van der Waals surface area contributed by atoms with Gasteiger partial charge in [-0.05, 0) is 18.8 Å². The summed E-state index contributed by atoms with van der Waals surface area (Å²) >= 11 is 0. The summed E-state index contributed by atoms with van der Waals surface area (Å²) < 4.78 is 0. The second-order valence-electron chi connectivity index (χ2n) is 6.36. The summed E-state index contributed by atoms with van der Waals surface area (Å²) in [6.45, 7) is 3.78. The molecule has 3 heterocycles. The highest BCUT2D eigenvalue weighted by Crippen LogP contribution is 2.30. The minimum absolute atomic E-state index is 0.0321. The van der Waals surface area contributed by atoms with E-state index >= 15 is 0 Å². The van der Waals surface area contributed by atoms with Crippen molar-refractivity contribution in [1.29, 1.82) is 0 Å². The molecule has 21 heavy (non-hydrogen) atoms. The van der Waals surface area contributed by atoms with Crippen molar-refractivity contribution >= 4 is 17.9 Å². The summed E-state index contributed by atoms with van der Waals surface area (Å²) in [7, 11) is 0. The fraction of sp³-hybridized carbons (Fsp3) is 0.786. The number of fused-ring (bicyclic) bond motifs is 1. The average molecular weight is 295 g/mol. The first-order chi connectivity index (χ1) is 9.99. The lowest BCUT2D eigenvalue weighted by molar-refractivity contribution is -0.142. The molecule has 116 valence electrons. The molecule has 7 heteroatoms. The molecule has 0 radical (unpaired) electrons. The molecule has 3 amide bonds. The number of rotatable bonds is 1. The maximum absolute atomic E-state index is 12.7. The molecule has 0 aromatic rings. The number of carboxylic acids is 1. The van der Waals surface area contributed by atoms with Crippen LogP contribution in [-0.2, 0) is 9.59 Å². The van der Waals surface area contributed by atoms with Crippen LogP contribution >= 0.6 is 0 Å². The minimum Gasteiger partial charge on any atom is -0.481 e. The standard InChI is InChI=1S/C14H21N3O4/c1-8-6-16(7-10(8)13(19)20)14(21)17-4-2-3-9-11(17)5-15-12(9)18/h8-11H,2-7H2,1H3,(H,15,18)(H,19,20)/t8-,9?,10-,11?/m1/s1. The number of hydrogen-bond acceptors (Lipinski definition) is 3. The van der Waals surface area contributed by atoms with E-state index in [0.29, 0.717) is 19.6 Å². The van der Waals surface area contributed by atoms with Gasteiger partial charge in [0.25, 0.3) is 0 Å². The van der Waals surface area contributed by atoms with E-state index in [0.717, 1.165) is 12.8 Å². The third kappa shape index (κ3) is 2.34. The lowest BCUT2D eigenvalue weighted by atomic mass is 9.92. The van der Waals surface area contributed by atoms with Gasteiger partial charge < -0.3 is 20.2 Å². The molecule has 7 nitrogen and oxygen atoms in total. The Morgan fingerprint density at radius 1 is 1.33 bits per heavy atom. The van der Waals surface area contributed by atoms with Crippen LogP contribution in [0.2, 0.25) is 0 Å². The van der Waals surface area contributed by atoms with E-state index in [1.54, 1.807) is 9.80 Å². The summed E-state index contributed by atoms with van der Waals surface area (Å²) in [6.07, 6.45) is 1.65. The van der Waals surface area contributed by atoms with Gasteiger partial charge in [0.2, 0.25) is 5.91 Å². The normalized spacial score (nSPS) is 35.6. The van der Waals surface area contributed by atoms with Gasteiger partial charge in [0.1, 0.15) is 0 Å². The molecule has 0 spiro atoms. The second-order valence-corrected chi connectivity index (χ2v) is 6.36. The maximum Gasteiger partial charge on any atom is 0.320 e. The molecule has 2 N–H and O–H groups in total.